The van der Waals surface area contributed by atoms with Crippen LogP contribution in [-0.2, 0) is 4.74 Å². The first kappa shape index (κ1) is 16.1. The Morgan fingerprint density at radius 1 is 1.39 bits per heavy atom. The molecule has 6 heteroatoms. The summed E-state index contributed by atoms with van der Waals surface area (Å²) >= 11 is 1.43. The van der Waals surface area contributed by atoms with Gasteiger partial charge in [0, 0.05) is 6.54 Å². The standard InChI is InChI=1S/C17H22N2O3S/c1-17(2,3)22-16(20)19-10-6-7-12(19)11-21-15-13-8-4-5-9-14(13)23-18-15/h4-5,8-9,12H,6-7,10-11H2,1-3H3/t12-/m0/s1. The van der Waals surface area contributed by atoms with Crippen LogP contribution in [0.1, 0.15) is 33.6 Å². The van der Waals surface area contributed by atoms with Crippen LogP contribution in [0.15, 0.2) is 24.3 Å². The first-order chi connectivity index (χ1) is 10.9. The number of benzene rings is 1. The number of hydrogen-bond donors (Lipinski definition) is 0. The molecule has 5 nitrogen and oxygen atoms in total. The predicted octanol–water partition coefficient (Wildman–Crippen LogP) is 4.07. The van der Waals surface area contributed by atoms with Crippen LogP contribution in [0, 0.1) is 0 Å². The highest BCUT2D eigenvalue weighted by atomic mass is 32.1. The van der Waals surface area contributed by atoms with Crippen LogP contribution in [0.5, 0.6) is 5.88 Å². The van der Waals surface area contributed by atoms with Crippen molar-refractivity contribution in [2.45, 2.75) is 45.3 Å². The minimum Gasteiger partial charge on any atom is -0.474 e. The Kier molecular flexibility index (Phi) is 4.43. The number of ether oxygens (including phenoxy) is 2. The van der Waals surface area contributed by atoms with Crippen LogP contribution >= 0.6 is 11.5 Å². The number of nitrogens with zero attached hydrogens (tertiary/aromatic N) is 2. The van der Waals surface area contributed by atoms with Crippen LogP contribution in [0.4, 0.5) is 4.79 Å². The summed E-state index contributed by atoms with van der Waals surface area (Å²) in [5.74, 6) is 0.654. The summed E-state index contributed by atoms with van der Waals surface area (Å²) in [6, 6.07) is 8.06. The van der Waals surface area contributed by atoms with E-state index >= 15 is 0 Å². The first-order valence-electron chi connectivity index (χ1n) is 7.91. The topological polar surface area (TPSA) is 51.7 Å². The van der Waals surface area contributed by atoms with E-state index in [1.54, 1.807) is 4.90 Å². The van der Waals surface area contributed by atoms with Gasteiger partial charge in [0.05, 0.1) is 16.1 Å². The van der Waals surface area contributed by atoms with E-state index in [9.17, 15) is 4.79 Å². The average Bonchev–Trinajstić information content (AvgIpc) is 3.10. The van der Waals surface area contributed by atoms with Crippen molar-refractivity contribution in [3.05, 3.63) is 24.3 Å². The summed E-state index contributed by atoms with van der Waals surface area (Å²) < 4.78 is 16.9. The molecule has 23 heavy (non-hydrogen) atoms. The van der Waals surface area contributed by atoms with Crippen molar-refractivity contribution in [2.24, 2.45) is 0 Å². The molecule has 1 aliphatic rings. The number of hydrogen-bond acceptors (Lipinski definition) is 5. The molecule has 1 aromatic heterocycles. The highest BCUT2D eigenvalue weighted by Gasteiger charge is 2.32. The van der Waals surface area contributed by atoms with Crippen LogP contribution in [0.2, 0.25) is 0 Å². The zero-order valence-electron chi connectivity index (χ0n) is 13.7. The van der Waals surface area contributed by atoms with Gasteiger partial charge in [-0.15, -0.1) is 0 Å². The maximum atomic E-state index is 12.3. The van der Waals surface area contributed by atoms with Crippen molar-refractivity contribution in [3.8, 4) is 5.88 Å². The van der Waals surface area contributed by atoms with E-state index in [2.05, 4.69) is 4.37 Å². The second-order valence-electron chi connectivity index (χ2n) is 6.76. The van der Waals surface area contributed by atoms with Gasteiger partial charge in [0.2, 0.25) is 5.88 Å². The summed E-state index contributed by atoms with van der Waals surface area (Å²) in [6.45, 7) is 6.82. The maximum Gasteiger partial charge on any atom is 0.410 e. The lowest BCUT2D eigenvalue weighted by Crippen LogP contribution is -2.42. The minimum absolute atomic E-state index is 0.0466. The number of fused-ring (bicyclic) bond motifs is 1. The van der Waals surface area contributed by atoms with E-state index in [-0.39, 0.29) is 12.1 Å². The first-order valence-corrected chi connectivity index (χ1v) is 8.68. The van der Waals surface area contributed by atoms with Crippen molar-refractivity contribution in [1.82, 2.24) is 9.27 Å². The predicted molar refractivity (Wildman–Crippen MR) is 91.1 cm³/mol. The van der Waals surface area contributed by atoms with Crippen LogP contribution in [-0.4, -0.2) is 40.2 Å². The Labute approximate surface area is 140 Å². The van der Waals surface area contributed by atoms with Gasteiger partial charge in [0.1, 0.15) is 12.2 Å². The van der Waals surface area contributed by atoms with Gasteiger partial charge in [-0.2, -0.15) is 4.37 Å². The summed E-state index contributed by atoms with van der Waals surface area (Å²) in [5, 5.41) is 1.03. The second-order valence-corrected chi connectivity index (χ2v) is 7.57. The minimum atomic E-state index is -0.476. The van der Waals surface area contributed by atoms with E-state index in [0.29, 0.717) is 12.5 Å². The average molecular weight is 334 g/mol. The fourth-order valence-corrected chi connectivity index (χ4v) is 3.44. The molecule has 0 radical (unpaired) electrons. The Bertz CT molecular complexity index is 692. The van der Waals surface area contributed by atoms with Gasteiger partial charge in [-0.1, -0.05) is 12.1 Å². The third-order valence-electron chi connectivity index (χ3n) is 3.76. The third kappa shape index (κ3) is 3.75. The highest BCUT2D eigenvalue weighted by molar-refractivity contribution is 7.13. The monoisotopic (exact) mass is 334 g/mol. The molecule has 1 aromatic carbocycles. The van der Waals surface area contributed by atoms with Crippen molar-refractivity contribution >= 4 is 27.7 Å². The SMILES string of the molecule is CC(C)(C)OC(=O)N1CCC[C@H]1COc1nsc2ccccc12. The molecule has 2 aromatic rings. The number of carbonyl (C=O) groups is 1. The van der Waals surface area contributed by atoms with Crippen LogP contribution in [0.25, 0.3) is 10.1 Å². The van der Waals surface area contributed by atoms with E-state index in [0.717, 1.165) is 29.5 Å². The van der Waals surface area contributed by atoms with Crippen molar-refractivity contribution < 1.29 is 14.3 Å². The third-order valence-corrected chi connectivity index (χ3v) is 4.57. The Hall–Kier alpha value is -1.82. The largest absolute Gasteiger partial charge is 0.474 e. The van der Waals surface area contributed by atoms with Crippen LogP contribution in [0.3, 0.4) is 0 Å². The molecule has 0 aliphatic carbocycles. The fraction of sp³-hybridized carbons (Fsp3) is 0.529. The molecule has 0 spiro atoms. The molecule has 1 atom stereocenters. The van der Waals surface area contributed by atoms with E-state index in [4.69, 9.17) is 9.47 Å². The Morgan fingerprint density at radius 2 is 2.17 bits per heavy atom. The highest BCUT2D eigenvalue weighted by Crippen LogP contribution is 2.29. The molecule has 1 amide bonds. The van der Waals surface area contributed by atoms with E-state index in [1.807, 2.05) is 45.0 Å². The smallest absolute Gasteiger partial charge is 0.410 e. The zero-order chi connectivity index (χ0) is 16.4. The lowest BCUT2D eigenvalue weighted by molar-refractivity contribution is 0.0187. The van der Waals surface area contributed by atoms with Gasteiger partial charge >= 0.3 is 6.09 Å². The zero-order valence-corrected chi connectivity index (χ0v) is 14.6. The molecule has 1 saturated heterocycles. The molecular weight excluding hydrogens is 312 g/mol. The second kappa shape index (κ2) is 6.35. The van der Waals surface area contributed by atoms with Gasteiger partial charge in [-0.3, -0.25) is 0 Å². The summed E-state index contributed by atoms with van der Waals surface area (Å²) in [7, 11) is 0. The quantitative estimate of drug-likeness (QED) is 0.849. The molecule has 0 saturated carbocycles. The molecule has 2 heterocycles. The molecule has 1 fully saturated rings. The summed E-state index contributed by atoms with van der Waals surface area (Å²) in [6.07, 6.45) is 1.65. The van der Waals surface area contributed by atoms with Gasteiger partial charge in [0.25, 0.3) is 0 Å². The Balaban J connectivity index is 1.64. The number of amides is 1. The van der Waals surface area contributed by atoms with Gasteiger partial charge in [-0.05, 0) is 57.3 Å². The molecule has 0 N–H and O–H groups in total. The number of likely N-dealkylation sites (tertiary alicyclic amines) is 1. The number of aromatic nitrogens is 1. The van der Waals surface area contributed by atoms with Gasteiger partial charge in [-0.25, -0.2) is 4.79 Å². The van der Waals surface area contributed by atoms with Crippen molar-refractivity contribution in [1.29, 1.82) is 0 Å². The molecule has 3 rings (SSSR count). The van der Waals surface area contributed by atoms with Crippen molar-refractivity contribution in [3.63, 3.8) is 0 Å². The summed E-state index contributed by atoms with van der Waals surface area (Å²) in [5.41, 5.74) is -0.476. The molecule has 124 valence electrons. The van der Waals surface area contributed by atoms with Crippen molar-refractivity contribution in [2.75, 3.05) is 13.2 Å². The molecule has 1 aliphatic heterocycles. The number of carbonyl (C=O) groups excluding carboxylic acids is 1. The summed E-state index contributed by atoms with van der Waals surface area (Å²) in [4.78, 5) is 14.1. The van der Waals surface area contributed by atoms with E-state index < -0.39 is 5.60 Å². The molecular formula is C17H22N2O3S. The maximum absolute atomic E-state index is 12.3. The molecule has 0 unspecified atom stereocenters. The lowest BCUT2D eigenvalue weighted by atomic mass is 10.2. The van der Waals surface area contributed by atoms with Gasteiger partial charge in [0.15, 0.2) is 0 Å². The molecule has 0 bridgehead atoms. The number of rotatable bonds is 3. The normalized spacial score (nSPS) is 18.4. The lowest BCUT2D eigenvalue weighted by Gasteiger charge is -2.28. The van der Waals surface area contributed by atoms with E-state index in [1.165, 1.54) is 11.5 Å². The van der Waals surface area contributed by atoms with Gasteiger partial charge < -0.3 is 14.4 Å². The van der Waals surface area contributed by atoms with Crippen LogP contribution < -0.4 is 4.74 Å². The fourth-order valence-electron chi connectivity index (χ4n) is 2.71. The Morgan fingerprint density at radius 3 is 2.96 bits per heavy atom.